The van der Waals surface area contributed by atoms with Crippen LogP contribution in [0, 0.1) is 5.82 Å². The molecule has 0 saturated carbocycles. The molecule has 2 aromatic carbocycles. The van der Waals surface area contributed by atoms with E-state index in [1.54, 1.807) is 44.6 Å². The fourth-order valence-corrected chi connectivity index (χ4v) is 3.82. The molecule has 1 atom stereocenters. The molecule has 2 heterocycles. The third-order valence-electron chi connectivity index (χ3n) is 5.59. The Kier molecular flexibility index (Phi) is 6.62. The maximum Gasteiger partial charge on any atom is 0.289 e. The summed E-state index contributed by atoms with van der Waals surface area (Å²) in [6.07, 6.45) is 1.78. The molecule has 3 aromatic rings. The van der Waals surface area contributed by atoms with Gasteiger partial charge < -0.3 is 18.8 Å². The molecule has 4 rings (SSSR count). The second-order valence-electron chi connectivity index (χ2n) is 7.76. The van der Waals surface area contributed by atoms with Crippen molar-refractivity contribution < 1.29 is 27.9 Å². The van der Waals surface area contributed by atoms with Gasteiger partial charge in [0.15, 0.2) is 5.76 Å². The van der Waals surface area contributed by atoms with Gasteiger partial charge in [0.25, 0.3) is 11.8 Å². The first-order valence-corrected chi connectivity index (χ1v) is 10.6. The second kappa shape index (κ2) is 9.78. The minimum absolute atomic E-state index is 0.138. The van der Waals surface area contributed by atoms with Gasteiger partial charge in [-0.15, -0.1) is 0 Å². The molecule has 0 unspecified atom stereocenters. The zero-order valence-electron chi connectivity index (χ0n) is 19.0. The van der Waals surface area contributed by atoms with E-state index in [-0.39, 0.29) is 24.0 Å². The number of carbonyl (C=O) groups excluding carboxylic acids is 2. The highest BCUT2D eigenvalue weighted by Gasteiger charge is 2.35. The molecule has 1 aliphatic heterocycles. The molecule has 0 aliphatic carbocycles. The summed E-state index contributed by atoms with van der Waals surface area (Å²) in [7, 11) is 4.62. The highest BCUT2D eigenvalue weighted by Crippen LogP contribution is 2.36. The summed E-state index contributed by atoms with van der Waals surface area (Å²) >= 11 is 0. The Morgan fingerprint density at radius 2 is 1.91 bits per heavy atom. The zero-order valence-corrected chi connectivity index (χ0v) is 19.0. The number of nitrogens with zero attached hydrogens (tertiary/aromatic N) is 3. The summed E-state index contributed by atoms with van der Waals surface area (Å²) in [5, 5.41) is 5.95. The Morgan fingerprint density at radius 3 is 2.56 bits per heavy atom. The molecule has 0 saturated heterocycles. The van der Waals surface area contributed by atoms with E-state index in [2.05, 4.69) is 5.10 Å². The van der Waals surface area contributed by atoms with Crippen molar-refractivity contribution >= 4 is 17.5 Å². The van der Waals surface area contributed by atoms with Gasteiger partial charge in [-0.25, -0.2) is 9.40 Å². The van der Waals surface area contributed by atoms with Gasteiger partial charge in [0.05, 0.1) is 32.2 Å². The summed E-state index contributed by atoms with van der Waals surface area (Å²) in [4.78, 5) is 27.1. The van der Waals surface area contributed by atoms with Gasteiger partial charge in [-0.05, 0) is 42.0 Å². The van der Waals surface area contributed by atoms with Crippen molar-refractivity contribution in [1.82, 2.24) is 9.91 Å². The van der Waals surface area contributed by atoms with E-state index in [0.29, 0.717) is 29.2 Å². The van der Waals surface area contributed by atoms with Gasteiger partial charge in [-0.1, -0.05) is 12.1 Å². The van der Waals surface area contributed by atoms with Crippen LogP contribution in [0.3, 0.4) is 0 Å². The van der Waals surface area contributed by atoms with Crippen LogP contribution in [0.2, 0.25) is 0 Å². The molecule has 1 aromatic heterocycles. The van der Waals surface area contributed by atoms with E-state index < -0.39 is 11.9 Å². The molecule has 9 heteroatoms. The monoisotopic (exact) mass is 465 g/mol. The smallest absolute Gasteiger partial charge is 0.289 e. The van der Waals surface area contributed by atoms with Gasteiger partial charge >= 0.3 is 0 Å². The lowest BCUT2D eigenvalue weighted by Gasteiger charge is -2.24. The summed E-state index contributed by atoms with van der Waals surface area (Å²) in [6.45, 7) is -0.215. The second-order valence-corrected chi connectivity index (χ2v) is 7.76. The first-order valence-electron chi connectivity index (χ1n) is 10.6. The van der Waals surface area contributed by atoms with Crippen molar-refractivity contribution in [1.29, 1.82) is 0 Å². The molecular weight excluding hydrogens is 441 g/mol. The first-order chi connectivity index (χ1) is 16.4. The lowest BCUT2D eigenvalue weighted by Crippen LogP contribution is -2.39. The Bertz CT molecular complexity index is 1210. The summed E-state index contributed by atoms with van der Waals surface area (Å²) < 4.78 is 29.5. The largest absolute Gasteiger partial charge is 0.497 e. The van der Waals surface area contributed by atoms with Crippen LogP contribution in [0.25, 0.3) is 0 Å². The predicted molar refractivity (Wildman–Crippen MR) is 122 cm³/mol. The van der Waals surface area contributed by atoms with Crippen LogP contribution in [0.5, 0.6) is 11.5 Å². The fraction of sp³-hybridized carbons (Fsp3) is 0.240. The number of furan rings is 1. The molecule has 0 N–H and O–H groups in total. The van der Waals surface area contributed by atoms with Crippen LogP contribution < -0.4 is 9.47 Å². The number of hydrogen-bond acceptors (Lipinski definition) is 6. The average molecular weight is 465 g/mol. The Morgan fingerprint density at radius 1 is 1.15 bits per heavy atom. The third-order valence-corrected chi connectivity index (χ3v) is 5.59. The quantitative estimate of drug-likeness (QED) is 0.529. The predicted octanol–water partition coefficient (Wildman–Crippen LogP) is 3.89. The van der Waals surface area contributed by atoms with Gasteiger partial charge in [-0.2, -0.15) is 5.10 Å². The molecule has 2 amide bonds. The van der Waals surface area contributed by atoms with Gasteiger partial charge in [0, 0.05) is 25.1 Å². The van der Waals surface area contributed by atoms with Crippen molar-refractivity contribution in [3.8, 4) is 11.5 Å². The number of carbonyl (C=O) groups is 2. The molecule has 0 bridgehead atoms. The molecular formula is C25H24FN3O5. The minimum atomic E-state index is -0.470. The van der Waals surface area contributed by atoms with Crippen molar-refractivity contribution in [3.05, 3.63) is 83.6 Å². The van der Waals surface area contributed by atoms with Crippen LogP contribution in [-0.2, 0) is 4.79 Å². The third kappa shape index (κ3) is 4.63. The van der Waals surface area contributed by atoms with Crippen LogP contribution in [0.15, 0.2) is 70.4 Å². The number of hydrazone groups is 1. The van der Waals surface area contributed by atoms with Gasteiger partial charge in [0.1, 0.15) is 23.9 Å². The topological polar surface area (TPSA) is 84.6 Å². The van der Waals surface area contributed by atoms with E-state index >= 15 is 0 Å². The average Bonchev–Trinajstić information content (AvgIpc) is 3.54. The molecule has 8 nitrogen and oxygen atoms in total. The lowest BCUT2D eigenvalue weighted by molar-refractivity contribution is -0.133. The Labute approximate surface area is 196 Å². The molecule has 0 radical (unpaired) electrons. The van der Waals surface area contributed by atoms with Crippen molar-refractivity contribution in [2.24, 2.45) is 5.10 Å². The number of rotatable bonds is 7. The highest BCUT2D eigenvalue weighted by molar-refractivity contribution is 6.05. The summed E-state index contributed by atoms with van der Waals surface area (Å²) in [5.41, 5.74) is 2.06. The van der Waals surface area contributed by atoms with Crippen molar-refractivity contribution in [2.75, 3.05) is 27.8 Å². The number of methoxy groups -OCH3 is 2. The lowest BCUT2D eigenvalue weighted by atomic mass is 9.97. The number of likely N-dealkylation sites (N-methyl/N-ethyl adjacent to an activating group) is 1. The maximum atomic E-state index is 13.5. The number of halogens is 1. The fourth-order valence-electron chi connectivity index (χ4n) is 3.82. The summed E-state index contributed by atoms with van der Waals surface area (Å²) in [5.74, 6) is 0.132. The molecule has 0 spiro atoms. The van der Waals surface area contributed by atoms with E-state index in [1.807, 2.05) is 6.07 Å². The van der Waals surface area contributed by atoms with Crippen LogP contribution >= 0.6 is 0 Å². The standard InChI is InChI=1S/C25H24FN3O5/c1-28(25(31)22-5-4-12-34-22)15-24(30)29-21(16-6-8-17(26)9-7-16)14-20(27-29)19-11-10-18(32-2)13-23(19)33-3/h4-13,21H,14-15H2,1-3H3/t21-/m0/s1. The first kappa shape index (κ1) is 23.0. The highest BCUT2D eigenvalue weighted by atomic mass is 19.1. The Balaban J connectivity index is 1.64. The molecule has 34 heavy (non-hydrogen) atoms. The zero-order chi connectivity index (χ0) is 24.2. The normalized spacial score (nSPS) is 15.1. The van der Waals surface area contributed by atoms with Crippen molar-refractivity contribution in [3.63, 3.8) is 0 Å². The van der Waals surface area contributed by atoms with Crippen LogP contribution in [0.4, 0.5) is 4.39 Å². The minimum Gasteiger partial charge on any atom is -0.497 e. The van der Waals surface area contributed by atoms with E-state index in [9.17, 15) is 14.0 Å². The summed E-state index contributed by atoms with van der Waals surface area (Å²) in [6, 6.07) is 14.0. The SMILES string of the molecule is COc1ccc(C2=NN(C(=O)CN(C)C(=O)c3ccco3)[C@H](c3ccc(F)cc3)C2)c(OC)c1. The number of hydrogen-bond donors (Lipinski definition) is 0. The number of amides is 2. The van der Waals surface area contributed by atoms with E-state index in [0.717, 1.165) is 5.56 Å². The van der Waals surface area contributed by atoms with E-state index in [4.69, 9.17) is 13.9 Å². The van der Waals surface area contributed by atoms with Crippen molar-refractivity contribution in [2.45, 2.75) is 12.5 Å². The Hall–Kier alpha value is -4.14. The van der Waals surface area contributed by atoms with Crippen LogP contribution in [-0.4, -0.2) is 55.2 Å². The maximum absolute atomic E-state index is 13.5. The van der Waals surface area contributed by atoms with Gasteiger partial charge in [0.2, 0.25) is 0 Å². The molecule has 0 fully saturated rings. The van der Waals surface area contributed by atoms with Gasteiger partial charge in [-0.3, -0.25) is 9.59 Å². The molecule has 176 valence electrons. The van der Waals surface area contributed by atoms with E-state index in [1.165, 1.54) is 41.4 Å². The number of ether oxygens (including phenoxy) is 2. The number of benzene rings is 2. The van der Waals surface area contributed by atoms with Crippen LogP contribution in [0.1, 0.15) is 34.1 Å². The molecule has 1 aliphatic rings.